The van der Waals surface area contributed by atoms with Gasteiger partial charge in [-0.25, -0.2) is 0 Å². The lowest BCUT2D eigenvalue weighted by molar-refractivity contribution is 0.202. The van der Waals surface area contributed by atoms with E-state index < -0.39 is 0 Å². The number of benzene rings is 1. The molecule has 0 amide bonds. The minimum Gasteiger partial charge on any atom is -0.459 e. The molecule has 1 N–H and O–H groups in total. The van der Waals surface area contributed by atoms with Gasteiger partial charge in [-0.2, -0.15) is 0 Å². The van der Waals surface area contributed by atoms with Gasteiger partial charge >= 0.3 is 0 Å². The Kier molecular flexibility index (Phi) is 5.21. The molecule has 0 fully saturated rings. The van der Waals surface area contributed by atoms with E-state index in [0.29, 0.717) is 0 Å². The van der Waals surface area contributed by atoms with Gasteiger partial charge in [0.1, 0.15) is 11.3 Å². The summed E-state index contributed by atoms with van der Waals surface area (Å²) in [5.74, 6) is 1.05. The zero-order valence-corrected chi connectivity index (χ0v) is 13.0. The molecule has 110 valence electrons. The summed E-state index contributed by atoms with van der Waals surface area (Å²) >= 11 is 0. The van der Waals surface area contributed by atoms with E-state index in [0.717, 1.165) is 37.3 Å². The Morgan fingerprint density at radius 1 is 1.35 bits per heavy atom. The van der Waals surface area contributed by atoms with Crippen molar-refractivity contribution in [3.8, 4) is 0 Å². The molecule has 2 rings (SSSR count). The van der Waals surface area contributed by atoms with Crippen molar-refractivity contribution in [3.05, 3.63) is 35.1 Å². The van der Waals surface area contributed by atoms with E-state index in [1.54, 1.807) is 7.11 Å². The first-order valence-electron chi connectivity index (χ1n) is 7.41. The van der Waals surface area contributed by atoms with Crippen LogP contribution in [0.1, 0.15) is 43.2 Å². The first-order valence-corrected chi connectivity index (χ1v) is 7.41. The summed E-state index contributed by atoms with van der Waals surface area (Å²) < 4.78 is 11.2. The van der Waals surface area contributed by atoms with Crippen LogP contribution in [0.25, 0.3) is 11.0 Å². The largest absolute Gasteiger partial charge is 0.459 e. The van der Waals surface area contributed by atoms with Crippen LogP contribution in [0.5, 0.6) is 0 Å². The van der Waals surface area contributed by atoms with Gasteiger partial charge < -0.3 is 14.5 Å². The first kappa shape index (κ1) is 15.1. The number of methoxy groups -OCH3 is 1. The van der Waals surface area contributed by atoms with Crippen molar-refractivity contribution in [2.75, 3.05) is 20.3 Å². The maximum absolute atomic E-state index is 6.02. The van der Waals surface area contributed by atoms with E-state index in [-0.39, 0.29) is 6.04 Å². The van der Waals surface area contributed by atoms with Gasteiger partial charge in [-0.05, 0) is 56.5 Å². The van der Waals surface area contributed by atoms with Crippen LogP contribution in [0.3, 0.4) is 0 Å². The molecule has 2 aromatic rings. The Bertz CT molecular complexity index is 559. The number of aryl methyl sites for hydroxylation is 1. The monoisotopic (exact) mass is 275 g/mol. The molecule has 3 heteroatoms. The lowest BCUT2D eigenvalue weighted by Crippen LogP contribution is -2.19. The molecule has 0 aliphatic heterocycles. The summed E-state index contributed by atoms with van der Waals surface area (Å²) in [6.07, 6.45) is 2.07. The normalized spacial score (nSPS) is 13.0. The molecule has 0 aliphatic carbocycles. The third-order valence-electron chi connectivity index (χ3n) is 3.73. The van der Waals surface area contributed by atoms with Gasteiger partial charge in [0.25, 0.3) is 0 Å². The van der Waals surface area contributed by atoms with E-state index in [1.807, 2.05) is 0 Å². The molecular formula is C17H25NO2. The standard InChI is InChI=1S/C17H25NO2/c1-5-9-18-13(3)17-12(2)15-11-14(8-10-19-4)6-7-16(15)20-17/h6-7,11,13,18H,5,8-10H2,1-4H3. The molecular weight excluding hydrogens is 250 g/mol. The van der Waals surface area contributed by atoms with E-state index in [1.165, 1.54) is 16.5 Å². The molecule has 20 heavy (non-hydrogen) atoms. The van der Waals surface area contributed by atoms with Crippen LogP contribution in [0.4, 0.5) is 0 Å². The second kappa shape index (κ2) is 6.91. The molecule has 0 radical (unpaired) electrons. The molecule has 0 saturated carbocycles. The average molecular weight is 275 g/mol. The van der Waals surface area contributed by atoms with Crippen LogP contribution in [-0.2, 0) is 11.2 Å². The number of furan rings is 1. The fraction of sp³-hybridized carbons (Fsp3) is 0.529. The fourth-order valence-corrected chi connectivity index (χ4v) is 2.53. The maximum Gasteiger partial charge on any atom is 0.134 e. The Hall–Kier alpha value is -1.32. The summed E-state index contributed by atoms with van der Waals surface area (Å²) in [7, 11) is 1.74. The fourth-order valence-electron chi connectivity index (χ4n) is 2.53. The summed E-state index contributed by atoms with van der Waals surface area (Å²) in [6.45, 7) is 8.24. The third kappa shape index (κ3) is 3.22. The van der Waals surface area contributed by atoms with Gasteiger partial charge in [0.15, 0.2) is 0 Å². The zero-order chi connectivity index (χ0) is 14.5. The van der Waals surface area contributed by atoms with Gasteiger partial charge in [-0.1, -0.05) is 13.0 Å². The van der Waals surface area contributed by atoms with Crippen molar-refractivity contribution in [1.82, 2.24) is 5.32 Å². The highest BCUT2D eigenvalue weighted by atomic mass is 16.5. The minimum absolute atomic E-state index is 0.254. The second-order valence-corrected chi connectivity index (χ2v) is 5.34. The predicted molar refractivity (Wildman–Crippen MR) is 83.2 cm³/mol. The molecule has 1 aromatic carbocycles. The highest BCUT2D eigenvalue weighted by Gasteiger charge is 2.16. The van der Waals surface area contributed by atoms with E-state index >= 15 is 0 Å². The number of fused-ring (bicyclic) bond motifs is 1. The van der Waals surface area contributed by atoms with E-state index in [9.17, 15) is 0 Å². The molecule has 0 aliphatic rings. The topological polar surface area (TPSA) is 34.4 Å². The molecule has 1 unspecified atom stereocenters. The molecule has 0 saturated heterocycles. The SMILES string of the molecule is CCCNC(C)c1oc2ccc(CCOC)cc2c1C. The first-order chi connectivity index (χ1) is 9.67. The summed E-state index contributed by atoms with van der Waals surface area (Å²) in [4.78, 5) is 0. The molecule has 0 spiro atoms. The molecule has 1 aromatic heterocycles. The number of ether oxygens (including phenoxy) is 1. The van der Waals surface area contributed by atoms with Crippen LogP contribution >= 0.6 is 0 Å². The Morgan fingerprint density at radius 2 is 2.15 bits per heavy atom. The lowest BCUT2D eigenvalue weighted by Gasteiger charge is -2.11. The van der Waals surface area contributed by atoms with Gasteiger partial charge in [0.05, 0.1) is 12.6 Å². The van der Waals surface area contributed by atoms with Crippen molar-refractivity contribution in [1.29, 1.82) is 0 Å². The quantitative estimate of drug-likeness (QED) is 0.829. The third-order valence-corrected chi connectivity index (χ3v) is 3.73. The highest BCUT2D eigenvalue weighted by Crippen LogP contribution is 2.30. The van der Waals surface area contributed by atoms with Gasteiger partial charge in [-0.3, -0.25) is 0 Å². The second-order valence-electron chi connectivity index (χ2n) is 5.34. The Labute approximate surface area is 121 Å². The summed E-state index contributed by atoms with van der Waals surface area (Å²) in [6, 6.07) is 6.68. The van der Waals surface area contributed by atoms with Crippen molar-refractivity contribution in [3.63, 3.8) is 0 Å². The van der Waals surface area contributed by atoms with Crippen molar-refractivity contribution in [2.24, 2.45) is 0 Å². The summed E-state index contributed by atoms with van der Waals surface area (Å²) in [5.41, 5.74) is 3.52. The summed E-state index contributed by atoms with van der Waals surface area (Å²) in [5, 5.41) is 4.71. The minimum atomic E-state index is 0.254. The van der Waals surface area contributed by atoms with E-state index in [4.69, 9.17) is 9.15 Å². The van der Waals surface area contributed by atoms with Gasteiger partial charge in [0.2, 0.25) is 0 Å². The van der Waals surface area contributed by atoms with Crippen LogP contribution in [-0.4, -0.2) is 20.3 Å². The number of hydrogen-bond acceptors (Lipinski definition) is 3. The smallest absolute Gasteiger partial charge is 0.134 e. The molecule has 1 heterocycles. The van der Waals surface area contributed by atoms with Crippen molar-refractivity contribution >= 4 is 11.0 Å². The highest BCUT2D eigenvalue weighted by molar-refractivity contribution is 5.82. The zero-order valence-electron chi connectivity index (χ0n) is 13.0. The van der Waals surface area contributed by atoms with Crippen LogP contribution < -0.4 is 5.32 Å². The predicted octanol–water partition coefficient (Wildman–Crippen LogP) is 3.99. The van der Waals surface area contributed by atoms with Crippen molar-refractivity contribution < 1.29 is 9.15 Å². The molecule has 0 bridgehead atoms. The van der Waals surface area contributed by atoms with Crippen LogP contribution in [0.15, 0.2) is 22.6 Å². The van der Waals surface area contributed by atoms with E-state index in [2.05, 4.69) is 44.3 Å². The van der Waals surface area contributed by atoms with Gasteiger partial charge in [-0.15, -0.1) is 0 Å². The Morgan fingerprint density at radius 3 is 2.85 bits per heavy atom. The lowest BCUT2D eigenvalue weighted by atomic mass is 10.1. The molecule has 3 nitrogen and oxygen atoms in total. The van der Waals surface area contributed by atoms with Gasteiger partial charge in [0, 0.05) is 12.5 Å². The van der Waals surface area contributed by atoms with Crippen molar-refractivity contribution in [2.45, 2.75) is 39.7 Å². The number of rotatable bonds is 7. The Balaban J connectivity index is 2.27. The molecule has 1 atom stereocenters. The maximum atomic E-state index is 6.02. The number of hydrogen-bond donors (Lipinski definition) is 1. The van der Waals surface area contributed by atoms with Crippen LogP contribution in [0.2, 0.25) is 0 Å². The van der Waals surface area contributed by atoms with Crippen LogP contribution in [0, 0.1) is 6.92 Å². The number of nitrogens with one attached hydrogen (secondary N) is 1. The average Bonchev–Trinajstić information content (AvgIpc) is 2.79.